The van der Waals surface area contributed by atoms with Crippen molar-refractivity contribution in [3.63, 3.8) is 0 Å². The van der Waals surface area contributed by atoms with Gasteiger partial charge < -0.3 is 15.5 Å². The number of nitro groups is 1. The molecule has 2 heterocycles. The van der Waals surface area contributed by atoms with E-state index in [2.05, 4.69) is 4.98 Å². The highest BCUT2D eigenvalue weighted by atomic mass is 16.6. The van der Waals surface area contributed by atoms with Crippen molar-refractivity contribution >= 4 is 16.6 Å². The van der Waals surface area contributed by atoms with Crippen molar-refractivity contribution in [1.29, 1.82) is 5.26 Å². The van der Waals surface area contributed by atoms with Gasteiger partial charge >= 0.3 is 0 Å². The molecule has 1 aromatic heterocycles. The molecule has 3 aromatic rings. The Kier molecular flexibility index (Phi) is 3.63. The fourth-order valence-corrected chi connectivity index (χ4v) is 3.32. The van der Waals surface area contributed by atoms with E-state index in [0.717, 1.165) is 0 Å². The molecule has 132 valence electrons. The summed E-state index contributed by atoms with van der Waals surface area (Å²) in [6, 6.07) is 14.8. The van der Waals surface area contributed by atoms with Crippen LogP contribution in [0.5, 0.6) is 5.75 Å². The van der Waals surface area contributed by atoms with Gasteiger partial charge in [0, 0.05) is 17.5 Å². The number of aromatic amines is 1. The van der Waals surface area contributed by atoms with Crippen LogP contribution in [0.15, 0.2) is 64.8 Å². The van der Waals surface area contributed by atoms with Crippen molar-refractivity contribution < 1.29 is 9.66 Å². The minimum atomic E-state index is -0.869. The molecule has 8 heteroatoms. The molecule has 4 rings (SSSR count). The Hall–Kier alpha value is -4.12. The first-order chi connectivity index (χ1) is 13.0. The predicted octanol–water partition coefficient (Wildman–Crippen LogP) is 2.65. The third-order valence-corrected chi connectivity index (χ3v) is 4.50. The van der Waals surface area contributed by atoms with E-state index in [4.69, 9.17) is 10.5 Å². The molecular formula is C19H12N4O4. The Balaban J connectivity index is 2.07. The van der Waals surface area contributed by atoms with E-state index in [-0.39, 0.29) is 28.5 Å². The maximum absolute atomic E-state index is 12.8. The molecule has 0 spiro atoms. The summed E-state index contributed by atoms with van der Waals surface area (Å²) < 4.78 is 5.64. The Morgan fingerprint density at radius 1 is 1.22 bits per heavy atom. The summed E-state index contributed by atoms with van der Waals surface area (Å²) >= 11 is 0. The highest BCUT2D eigenvalue weighted by Gasteiger charge is 2.35. The average Bonchev–Trinajstić information content (AvgIpc) is 2.67. The standard InChI is InChI=1S/C19H12N4O4/c20-9-13-15(10-4-3-5-11(8-10)23(25)26)16-17(27-18(13)21)12-6-1-2-7-14(12)22-19(16)24/h1-8,15H,21H2,(H,22,24). The number of hydrogen-bond donors (Lipinski definition) is 2. The van der Waals surface area contributed by atoms with Gasteiger partial charge in [-0.3, -0.25) is 14.9 Å². The number of fused-ring (bicyclic) bond motifs is 3. The lowest BCUT2D eigenvalue weighted by Crippen LogP contribution is -2.27. The van der Waals surface area contributed by atoms with Crippen LogP contribution in [0.4, 0.5) is 5.69 Å². The van der Waals surface area contributed by atoms with Crippen LogP contribution in [0.1, 0.15) is 17.0 Å². The molecule has 0 saturated carbocycles. The van der Waals surface area contributed by atoms with Crippen LogP contribution in [0.3, 0.4) is 0 Å². The second-order valence-electron chi connectivity index (χ2n) is 6.02. The fraction of sp³-hybridized carbons (Fsp3) is 0.0526. The zero-order valence-corrected chi connectivity index (χ0v) is 13.8. The summed E-state index contributed by atoms with van der Waals surface area (Å²) in [5, 5.41) is 21.4. The van der Waals surface area contributed by atoms with Crippen LogP contribution >= 0.6 is 0 Å². The van der Waals surface area contributed by atoms with Gasteiger partial charge in [-0.1, -0.05) is 24.3 Å². The summed E-state index contributed by atoms with van der Waals surface area (Å²) in [6.07, 6.45) is 0. The van der Waals surface area contributed by atoms with Crippen LogP contribution in [-0.4, -0.2) is 9.91 Å². The number of ether oxygens (including phenoxy) is 1. The van der Waals surface area contributed by atoms with Gasteiger partial charge in [0.05, 0.1) is 21.9 Å². The normalized spacial score (nSPS) is 15.7. The first-order valence-electron chi connectivity index (χ1n) is 7.98. The first kappa shape index (κ1) is 16.4. The van der Waals surface area contributed by atoms with E-state index in [1.54, 1.807) is 30.3 Å². The summed E-state index contributed by atoms with van der Waals surface area (Å²) in [5.74, 6) is -0.744. The maximum Gasteiger partial charge on any atom is 0.269 e. The number of nitrogens with two attached hydrogens (primary N) is 1. The number of non-ortho nitro benzene ring substituents is 1. The largest absolute Gasteiger partial charge is 0.439 e. The number of pyridine rings is 1. The van der Waals surface area contributed by atoms with Crippen LogP contribution in [-0.2, 0) is 0 Å². The maximum atomic E-state index is 12.8. The molecule has 0 aliphatic carbocycles. The Bertz CT molecular complexity index is 1240. The highest BCUT2D eigenvalue weighted by Crippen LogP contribution is 2.43. The molecule has 1 unspecified atom stereocenters. The fourth-order valence-electron chi connectivity index (χ4n) is 3.32. The summed E-state index contributed by atoms with van der Waals surface area (Å²) in [7, 11) is 0. The number of aromatic nitrogens is 1. The summed E-state index contributed by atoms with van der Waals surface area (Å²) in [4.78, 5) is 26.2. The molecule has 3 N–H and O–H groups in total. The Morgan fingerprint density at radius 2 is 2.00 bits per heavy atom. The number of nitriles is 1. The molecule has 0 amide bonds. The van der Waals surface area contributed by atoms with E-state index in [1.165, 1.54) is 18.2 Å². The number of nitrogens with zero attached hydrogens (tertiary/aromatic N) is 2. The lowest BCUT2D eigenvalue weighted by Gasteiger charge is -2.26. The predicted molar refractivity (Wildman–Crippen MR) is 97.0 cm³/mol. The van der Waals surface area contributed by atoms with Crippen molar-refractivity contribution in [2.45, 2.75) is 5.92 Å². The van der Waals surface area contributed by atoms with Gasteiger partial charge in [-0.15, -0.1) is 0 Å². The van der Waals surface area contributed by atoms with E-state index >= 15 is 0 Å². The molecular weight excluding hydrogens is 348 g/mol. The van der Waals surface area contributed by atoms with E-state index in [9.17, 15) is 20.2 Å². The van der Waals surface area contributed by atoms with Gasteiger partial charge in [0.1, 0.15) is 17.4 Å². The molecule has 0 saturated heterocycles. The minimum Gasteiger partial charge on any atom is -0.439 e. The van der Waals surface area contributed by atoms with E-state index in [0.29, 0.717) is 16.5 Å². The monoisotopic (exact) mass is 360 g/mol. The second-order valence-corrected chi connectivity index (χ2v) is 6.02. The number of allylic oxidation sites excluding steroid dienone is 1. The van der Waals surface area contributed by atoms with Crippen LogP contribution in [0.25, 0.3) is 10.9 Å². The molecule has 1 aliphatic heterocycles. The molecule has 2 aromatic carbocycles. The summed E-state index contributed by atoms with van der Waals surface area (Å²) in [5.41, 5.74) is 6.57. The zero-order chi connectivity index (χ0) is 19.1. The lowest BCUT2D eigenvalue weighted by molar-refractivity contribution is -0.384. The van der Waals surface area contributed by atoms with Crippen LogP contribution in [0, 0.1) is 21.4 Å². The van der Waals surface area contributed by atoms with Gasteiger partial charge in [-0.2, -0.15) is 5.26 Å². The number of nitrogens with one attached hydrogen (secondary N) is 1. The third kappa shape index (κ3) is 2.49. The smallest absolute Gasteiger partial charge is 0.269 e. The van der Waals surface area contributed by atoms with E-state index in [1.807, 2.05) is 6.07 Å². The summed E-state index contributed by atoms with van der Waals surface area (Å²) in [6.45, 7) is 0. The van der Waals surface area contributed by atoms with Crippen LogP contribution < -0.4 is 16.0 Å². The minimum absolute atomic E-state index is 0.0313. The molecule has 1 atom stereocenters. The Morgan fingerprint density at radius 3 is 2.74 bits per heavy atom. The van der Waals surface area contributed by atoms with Crippen molar-refractivity contribution in [2.24, 2.45) is 5.73 Å². The number of nitro benzene ring substituents is 1. The number of hydrogen-bond acceptors (Lipinski definition) is 6. The van der Waals surface area contributed by atoms with Gasteiger partial charge in [0.15, 0.2) is 0 Å². The topological polar surface area (TPSA) is 135 Å². The van der Waals surface area contributed by atoms with Gasteiger partial charge in [-0.25, -0.2) is 0 Å². The van der Waals surface area contributed by atoms with Crippen molar-refractivity contribution in [3.05, 3.63) is 91.6 Å². The average molecular weight is 360 g/mol. The number of para-hydroxylation sites is 1. The Labute approximate surface area is 152 Å². The molecule has 27 heavy (non-hydrogen) atoms. The lowest BCUT2D eigenvalue weighted by atomic mass is 9.83. The molecule has 0 fully saturated rings. The van der Waals surface area contributed by atoms with E-state index < -0.39 is 16.4 Å². The van der Waals surface area contributed by atoms with Gasteiger partial charge in [0.2, 0.25) is 5.88 Å². The number of rotatable bonds is 2. The molecule has 0 radical (unpaired) electrons. The molecule has 0 bridgehead atoms. The van der Waals surface area contributed by atoms with Crippen LogP contribution in [0.2, 0.25) is 0 Å². The number of H-pyrrole nitrogens is 1. The van der Waals surface area contributed by atoms with Crippen molar-refractivity contribution in [3.8, 4) is 11.8 Å². The van der Waals surface area contributed by atoms with Crippen molar-refractivity contribution in [1.82, 2.24) is 4.98 Å². The van der Waals surface area contributed by atoms with Crippen molar-refractivity contribution in [2.75, 3.05) is 0 Å². The quantitative estimate of drug-likeness (QED) is 0.533. The second kappa shape index (κ2) is 6.00. The zero-order valence-electron chi connectivity index (χ0n) is 13.8. The third-order valence-electron chi connectivity index (χ3n) is 4.50. The highest BCUT2D eigenvalue weighted by molar-refractivity contribution is 5.87. The molecule has 8 nitrogen and oxygen atoms in total. The van der Waals surface area contributed by atoms with Gasteiger partial charge in [0.25, 0.3) is 11.2 Å². The molecule has 1 aliphatic rings. The number of benzene rings is 2. The van der Waals surface area contributed by atoms with Gasteiger partial charge in [-0.05, 0) is 17.7 Å². The SMILES string of the molecule is N#CC1=C(N)Oc2c(c(=O)[nH]c3ccccc23)C1c1cccc([N+](=O)[O-])c1. The first-order valence-corrected chi connectivity index (χ1v) is 7.98.